The highest BCUT2D eigenvalue weighted by Crippen LogP contribution is 2.44. The number of carbonyl (C=O) groups excluding carboxylic acids is 1. The first-order chi connectivity index (χ1) is 18.2. The van der Waals surface area contributed by atoms with Crippen LogP contribution < -0.4 is 4.90 Å². The second-order valence-corrected chi connectivity index (χ2v) is 12.4. The number of sulfonamides is 1. The Labute approximate surface area is 226 Å². The maximum Gasteiger partial charge on any atom is 0.243 e. The Kier molecular flexibility index (Phi) is 6.31. The van der Waals surface area contributed by atoms with Gasteiger partial charge in [-0.2, -0.15) is 4.31 Å². The summed E-state index contributed by atoms with van der Waals surface area (Å²) in [4.78, 5) is 25.8. The molecule has 2 aromatic heterocycles. The molecule has 1 amide bonds. The van der Waals surface area contributed by atoms with E-state index in [2.05, 4.69) is 14.9 Å². The number of carbonyl (C=O) groups is 1. The van der Waals surface area contributed by atoms with E-state index in [-0.39, 0.29) is 30.5 Å². The fraction of sp³-hybridized carbons (Fsp3) is 0.423. The van der Waals surface area contributed by atoms with Crippen LogP contribution in [-0.2, 0) is 24.3 Å². The molecule has 3 fully saturated rings. The number of ether oxygens (including phenoxy) is 2. The summed E-state index contributed by atoms with van der Waals surface area (Å²) in [6.45, 7) is 1.73. The third kappa shape index (κ3) is 4.32. The van der Waals surface area contributed by atoms with E-state index >= 15 is 0 Å². The van der Waals surface area contributed by atoms with Crippen molar-refractivity contribution in [2.24, 2.45) is 0 Å². The molecule has 3 aliphatic heterocycles. The Morgan fingerprint density at radius 1 is 1.08 bits per heavy atom. The van der Waals surface area contributed by atoms with Gasteiger partial charge in [-0.05, 0) is 55.3 Å². The molecule has 0 N–H and O–H groups in total. The van der Waals surface area contributed by atoms with Gasteiger partial charge < -0.3 is 19.3 Å². The SMILES string of the molecule is COCC12CN(S(=O)(=O)c3ccc4nc(Cl)ccc4c3)CC(=O)N1CC1(CCN(c3ccncc3)CC1)O2. The van der Waals surface area contributed by atoms with Gasteiger partial charge in [0.2, 0.25) is 15.9 Å². The second kappa shape index (κ2) is 9.42. The summed E-state index contributed by atoms with van der Waals surface area (Å²) in [5, 5.41) is 0.972. The van der Waals surface area contributed by atoms with Crippen LogP contribution in [0.4, 0.5) is 5.69 Å². The fourth-order valence-electron chi connectivity index (χ4n) is 5.85. The van der Waals surface area contributed by atoms with Gasteiger partial charge >= 0.3 is 0 Å². The average molecular weight is 558 g/mol. The number of hydrogen-bond donors (Lipinski definition) is 0. The Morgan fingerprint density at radius 3 is 2.58 bits per heavy atom. The van der Waals surface area contributed by atoms with Gasteiger partial charge in [-0.1, -0.05) is 11.6 Å². The van der Waals surface area contributed by atoms with E-state index in [1.165, 1.54) is 17.5 Å². The quantitative estimate of drug-likeness (QED) is 0.441. The van der Waals surface area contributed by atoms with Crippen LogP contribution in [0.2, 0.25) is 5.15 Å². The zero-order valence-electron chi connectivity index (χ0n) is 20.9. The van der Waals surface area contributed by atoms with Gasteiger partial charge in [0, 0.05) is 43.7 Å². The normalized spacial score (nSPS) is 23.8. The molecule has 0 radical (unpaired) electrons. The summed E-state index contributed by atoms with van der Waals surface area (Å²) in [5.41, 5.74) is -0.0708. The predicted octanol–water partition coefficient (Wildman–Crippen LogP) is 2.53. The molecule has 10 nitrogen and oxygen atoms in total. The van der Waals surface area contributed by atoms with Gasteiger partial charge in [0.15, 0.2) is 5.72 Å². The number of halogens is 1. The van der Waals surface area contributed by atoms with Gasteiger partial charge in [0.25, 0.3) is 0 Å². The second-order valence-electron chi connectivity index (χ2n) is 10.1. The van der Waals surface area contributed by atoms with E-state index in [1.54, 1.807) is 41.6 Å². The lowest BCUT2D eigenvalue weighted by molar-refractivity contribution is -0.194. The average Bonchev–Trinajstić information content (AvgIpc) is 3.23. The number of rotatable bonds is 5. The van der Waals surface area contributed by atoms with Crippen molar-refractivity contribution in [1.29, 1.82) is 0 Å². The van der Waals surface area contributed by atoms with E-state index in [1.807, 2.05) is 12.1 Å². The van der Waals surface area contributed by atoms with Crippen LogP contribution in [0.1, 0.15) is 12.8 Å². The van der Waals surface area contributed by atoms with Crippen molar-refractivity contribution >= 4 is 44.1 Å². The molecule has 1 unspecified atom stereocenters. The summed E-state index contributed by atoms with van der Waals surface area (Å²) >= 11 is 5.97. The van der Waals surface area contributed by atoms with Crippen LogP contribution in [0.3, 0.4) is 0 Å². The van der Waals surface area contributed by atoms with Crippen LogP contribution >= 0.6 is 11.6 Å². The molecule has 3 saturated heterocycles. The fourth-order valence-corrected chi connectivity index (χ4v) is 7.47. The van der Waals surface area contributed by atoms with Crippen molar-refractivity contribution < 1.29 is 22.7 Å². The van der Waals surface area contributed by atoms with Crippen molar-refractivity contribution in [3.63, 3.8) is 0 Å². The van der Waals surface area contributed by atoms with E-state index in [9.17, 15) is 13.2 Å². The first-order valence-electron chi connectivity index (χ1n) is 12.4. The number of benzene rings is 1. The molecular formula is C26H28ClN5O5S. The number of methoxy groups -OCH3 is 1. The topological polar surface area (TPSA) is 105 Å². The van der Waals surface area contributed by atoms with Gasteiger partial charge in [0.1, 0.15) is 5.15 Å². The standard InChI is InChI=1S/C26H28ClN5O5S/c1-36-18-26-17-31(38(34,35)21-3-4-22-19(14-21)2-5-23(27)29-22)15-24(33)32(26)16-25(37-26)8-12-30(13-9-25)20-6-10-28-11-7-20/h2-7,10-11,14H,8-9,12-13,15-18H2,1H3. The summed E-state index contributed by atoms with van der Waals surface area (Å²) in [6, 6.07) is 12.0. The largest absolute Gasteiger partial charge is 0.380 e. The highest BCUT2D eigenvalue weighted by atomic mass is 35.5. The number of piperidine rings is 1. The van der Waals surface area contributed by atoms with Crippen molar-refractivity contribution in [1.82, 2.24) is 19.2 Å². The van der Waals surface area contributed by atoms with E-state index in [0.29, 0.717) is 35.4 Å². The van der Waals surface area contributed by atoms with E-state index < -0.39 is 21.3 Å². The lowest BCUT2D eigenvalue weighted by atomic mass is 9.91. The molecular weight excluding hydrogens is 530 g/mol. The number of nitrogens with zero attached hydrogens (tertiary/aromatic N) is 5. The molecule has 38 heavy (non-hydrogen) atoms. The summed E-state index contributed by atoms with van der Waals surface area (Å²) in [5.74, 6) is -0.292. The van der Waals surface area contributed by atoms with Crippen molar-refractivity contribution in [2.75, 3.05) is 51.3 Å². The molecule has 1 atom stereocenters. The van der Waals surface area contributed by atoms with E-state index in [0.717, 1.165) is 18.8 Å². The molecule has 6 rings (SSSR count). The molecule has 1 spiro atoms. The van der Waals surface area contributed by atoms with Crippen molar-refractivity contribution in [2.45, 2.75) is 29.1 Å². The zero-order chi connectivity index (χ0) is 26.5. The maximum atomic E-state index is 13.7. The maximum absolute atomic E-state index is 13.7. The van der Waals surface area contributed by atoms with Crippen LogP contribution in [0.15, 0.2) is 59.8 Å². The van der Waals surface area contributed by atoms with Crippen LogP contribution in [0.5, 0.6) is 0 Å². The number of pyridine rings is 2. The molecule has 0 aliphatic carbocycles. The number of fused-ring (bicyclic) bond motifs is 2. The number of amides is 1. The Morgan fingerprint density at radius 2 is 1.84 bits per heavy atom. The first kappa shape index (κ1) is 25.4. The predicted molar refractivity (Wildman–Crippen MR) is 141 cm³/mol. The number of aromatic nitrogens is 2. The minimum absolute atomic E-state index is 0.0123. The molecule has 200 valence electrons. The highest BCUT2D eigenvalue weighted by molar-refractivity contribution is 7.89. The monoisotopic (exact) mass is 557 g/mol. The molecule has 3 aromatic rings. The molecule has 1 aromatic carbocycles. The Bertz CT molecular complexity index is 1480. The van der Waals surface area contributed by atoms with Crippen LogP contribution in [0, 0.1) is 0 Å². The lowest BCUT2D eigenvalue weighted by Crippen LogP contribution is -2.65. The minimum atomic E-state index is -4.00. The number of piperazine rings is 1. The molecule has 0 bridgehead atoms. The Hall–Kier alpha value is -2.83. The highest BCUT2D eigenvalue weighted by Gasteiger charge is 2.60. The third-order valence-corrected chi connectivity index (χ3v) is 9.72. The summed E-state index contributed by atoms with van der Waals surface area (Å²) in [7, 11) is -2.47. The van der Waals surface area contributed by atoms with Gasteiger partial charge in [0.05, 0.1) is 42.3 Å². The van der Waals surface area contributed by atoms with Crippen molar-refractivity contribution in [3.8, 4) is 0 Å². The van der Waals surface area contributed by atoms with Gasteiger partial charge in [-0.3, -0.25) is 9.78 Å². The van der Waals surface area contributed by atoms with Gasteiger partial charge in [-0.15, -0.1) is 0 Å². The molecule has 12 heteroatoms. The zero-order valence-corrected chi connectivity index (χ0v) is 22.5. The van der Waals surface area contributed by atoms with Crippen LogP contribution in [0.25, 0.3) is 10.9 Å². The summed E-state index contributed by atoms with van der Waals surface area (Å²) < 4.78 is 40.9. The smallest absolute Gasteiger partial charge is 0.243 e. The molecule has 5 heterocycles. The Balaban J connectivity index is 1.26. The first-order valence-corrected chi connectivity index (χ1v) is 14.3. The summed E-state index contributed by atoms with van der Waals surface area (Å²) in [6.07, 6.45) is 4.96. The number of anilines is 1. The lowest BCUT2D eigenvalue weighted by Gasteiger charge is -2.44. The molecule has 0 saturated carbocycles. The van der Waals surface area contributed by atoms with Gasteiger partial charge in [-0.25, -0.2) is 13.4 Å². The third-order valence-electron chi connectivity index (χ3n) is 7.72. The number of hydrogen-bond acceptors (Lipinski definition) is 8. The van der Waals surface area contributed by atoms with E-state index in [4.69, 9.17) is 21.1 Å². The minimum Gasteiger partial charge on any atom is -0.380 e. The van der Waals surface area contributed by atoms with Crippen LogP contribution in [-0.4, -0.2) is 91.3 Å². The molecule has 3 aliphatic rings. The van der Waals surface area contributed by atoms with Crippen molar-refractivity contribution in [3.05, 3.63) is 60.0 Å².